The van der Waals surface area contributed by atoms with Gasteiger partial charge >= 0.3 is 6.18 Å². The lowest BCUT2D eigenvalue weighted by Gasteiger charge is -2.06. The zero-order valence-corrected chi connectivity index (χ0v) is 15.4. The Bertz CT molecular complexity index is 706. The fourth-order valence-corrected chi connectivity index (χ4v) is 4.62. The van der Waals surface area contributed by atoms with Crippen LogP contribution in [0, 0.1) is 0 Å². The number of nitrogens with one attached hydrogen (secondary N) is 2. The molecule has 3 rings (SSSR count). The molecule has 1 saturated carbocycles. The van der Waals surface area contributed by atoms with Gasteiger partial charge in [-0.1, -0.05) is 0 Å². The predicted octanol–water partition coefficient (Wildman–Crippen LogP) is 3.86. The molecule has 0 bridgehead atoms. The van der Waals surface area contributed by atoms with Gasteiger partial charge in [-0.05, 0) is 37.0 Å². The Labute approximate surface area is 156 Å². The monoisotopic (exact) mass is 405 g/mol. The number of hydrogen-bond acceptors (Lipinski definition) is 6. The van der Waals surface area contributed by atoms with Crippen molar-refractivity contribution in [1.82, 2.24) is 15.6 Å². The molecule has 0 aromatic carbocycles. The molecule has 0 radical (unpaired) electrons. The van der Waals surface area contributed by atoms with Crippen molar-refractivity contribution in [3.63, 3.8) is 0 Å². The summed E-state index contributed by atoms with van der Waals surface area (Å²) in [6.07, 6.45) is -0.991. The van der Waals surface area contributed by atoms with Crippen molar-refractivity contribution >= 4 is 34.8 Å². The zero-order chi connectivity index (χ0) is 18.7. The Morgan fingerprint density at radius 2 is 2.08 bits per heavy atom. The van der Waals surface area contributed by atoms with Crippen molar-refractivity contribution in [2.24, 2.45) is 0 Å². The Morgan fingerprint density at radius 3 is 2.69 bits per heavy atom. The molecule has 0 spiro atoms. The van der Waals surface area contributed by atoms with Crippen LogP contribution >= 0.6 is 23.1 Å². The third kappa shape index (κ3) is 4.79. The van der Waals surface area contributed by atoms with E-state index in [1.54, 1.807) is 23.1 Å². The molecule has 1 atom stereocenters. The average molecular weight is 405 g/mol. The van der Waals surface area contributed by atoms with Crippen molar-refractivity contribution in [3.8, 4) is 0 Å². The summed E-state index contributed by atoms with van der Waals surface area (Å²) in [6, 6.07) is 0. The molecule has 2 N–H and O–H groups in total. The number of thiazole rings is 1. The second kappa shape index (κ2) is 7.99. The molecular formula is C16H18F3N3O2S2. The number of amides is 1. The van der Waals surface area contributed by atoms with Gasteiger partial charge in [0.15, 0.2) is 0 Å². The average Bonchev–Trinajstić information content (AvgIpc) is 3.11. The number of carbonyl (C=O) groups excluding carboxylic acids is 2. The minimum absolute atomic E-state index is 0.0208. The topological polar surface area (TPSA) is 71.1 Å². The molecule has 5 nitrogen and oxygen atoms in total. The van der Waals surface area contributed by atoms with Gasteiger partial charge in [-0.2, -0.15) is 13.2 Å². The quantitative estimate of drug-likeness (QED) is 0.643. The van der Waals surface area contributed by atoms with E-state index in [9.17, 15) is 22.8 Å². The maximum Gasteiger partial charge on any atom is 0.449 e. The first-order chi connectivity index (χ1) is 12.4. The fraction of sp³-hybridized carbons (Fsp3) is 0.562. The first kappa shape index (κ1) is 19.2. The highest BCUT2D eigenvalue weighted by Gasteiger charge is 2.37. The summed E-state index contributed by atoms with van der Waals surface area (Å²) in [5, 5.41) is 8.68. The molecule has 1 fully saturated rings. The standard InChI is InChI=1S/C16H18F3N3O2S2/c17-16(18,19)10(23)3-1-2-6-20-13(24)11-12(9-4-5-9)26-15(22-11)14-21-7-8-25-14/h7-9,14,21H,1-6H2,(H,20,24). The number of aromatic nitrogens is 1. The third-order valence-corrected chi connectivity index (χ3v) is 6.38. The Kier molecular flexibility index (Phi) is 5.91. The lowest BCUT2D eigenvalue weighted by atomic mass is 10.1. The number of ketones is 1. The van der Waals surface area contributed by atoms with E-state index in [2.05, 4.69) is 15.6 Å². The normalized spacial score (nSPS) is 19.4. The van der Waals surface area contributed by atoms with Crippen LogP contribution in [0.25, 0.3) is 0 Å². The number of Topliss-reactive ketones (excluding diaryl/α,β-unsaturated/α-hetero) is 1. The van der Waals surface area contributed by atoms with Crippen LogP contribution in [-0.2, 0) is 4.79 Å². The molecule has 1 aromatic heterocycles. The van der Waals surface area contributed by atoms with E-state index in [0.717, 1.165) is 22.7 Å². The number of carbonyl (C=O) groups is 2. The van der Waals surface area contributed by atoms with Crippen LogP contribution in [0.4, 0.5) is 13.2 Å². The smallest absolute Gasteiger partial charge is 0.373 e. The molecule has 1 amide bonds. The third-order valence-electron chi connectivity index (χ3n) is 4.02. The number of alkyl halides is 3. The second-order valence-electron chi connectivity index (χ2n) is 6.16. The summed E-state index contributed by atoms with van der Waals surface area (Å²) in [6.45, 7) is 0.221. The van der Waals surface area contributed by atoms with E-state index in [0.29, 0.717) is 18.0 Å². The van der Waals surface area contributed by atoms with Crippen molar-refractivity contribution in [2.45, 2.75) is 49.6 Å². The van der Waals surface area contributed by atoms with E-state index in [1.165, 1.54) is 0 Å². The van der Waals surface area contributed by atoms with Crippen LogP contribution in [0.15, 0.2) is 11.6 Å². The summed E-state index contributed by atoms with van der Waals surface area (Å²) < 4.78 is 36.4. The first-order valence-corrected chi connectivity index (χ1v) is 10.1. The molecule has 26 heavy (non-hydrogen) atoms. The van der Waals surface area contributed by atoms with E-state index < -0.39 is 18.4 Å². The highest BCUT2D eigenvalue weighted by molar-refractivity contribution is 8.02. The lowest BCUT2D eigenvalue weighted by molar-refractivity contribution is -0.171. The first-order valence-electron chi connectivity index (χ1n) is 8.31. The second-order valence-corrected chi connectivity index (χ2v) is 8.24. The lowest BCUT2D eigenvalue weighted by Crippen LogP contribution is -2.26. The van der Waals surface area contributed by atoms with Gasteiger partial charge in [-0.15, -0.1) is 23.1 Å². The van der Waals surface area contributed by atoms with Gasteiger partial charge in [-0.3, -0.25) is 9.59 Å². The van der Waals surface area contributed by atoms with Gasteiger partial charge in [0.2, 0.25) is 5.78 Å². The highest BCUT2D eigenvalue weighted by atomic mass is 32.2. The summed E-state index contributed by atoms with van der Waals surface area (Å²) in [7, 11) is 0. The minimum Gasteiger partial charge on any atom is -0.373 e. The van der Waals surface area contributed by atoms with Crippen LogP contribution in [0.5, 0.6) is 0 Å². The van der Waals surface area contributed by atoms with Crippen LogP contribution in [0.1, 0.15) is 63.8 Å². The van der Waals surface area contributed by atoms with Gasteiger partial charge < -0.3 is 10.6 Å². The zero-order valence-electron chi connectivity index (χ0n) is 13.8. The van der Waals surface area contributed by atoms with E-state index in [1.807, 2.05) is 11.6 Å². The van der Waals surface area contributed by atoms with Crippen LogP contribution < -0.4 is 10.6 Å². The maximum absolute atomic E-state index is 12.4. The molecule has 2 heterocycles. The Hall–Kier alpha value is -1.55. The SMILES string of the molecule is O=C(NCCCCC(=O)C(F)(F)F)c1nc(C2NC=CS2)sc1C1CC1. The number of unbranched alkanes of at least 4 members (excludes halogenated alkanes) is 1. The molecule has 1 aromatic rings. The molecule has 1 aliphatic carbocycles. The number of rotatable bonds is 8. The van der Waals surface area contributed by atoms with E-state index >= 15 is 0 Å². The van der Waals surface area contributed by atoms with E-state index in [4.69, 9.17) is 0 Å². The van der Waals surface area contributed by atoms with Gasteiger partial charge in [0.1, 0.15) is 16.1 Å². The molecular weight excluding hydrogens is 387 g/mol. The van der Waals surface area contributed by atoms with Crippen LogP contribution in [0.3, 0.4) is 0 Å². The number of thioether (sulfide) groups is 1. The van der Waals surface area contributed by atoms with Gasteiger partial charge in [-0.25, -0.2) is 4.98 Å². The summed E-state index contributed by atoms with van der Waals surface area (Å²) in [4.78, 5) is 28.7. The van der Waals surface area contributed by atoms with Crippen LogP contribution in [-0.4, -0.2) is 29.4 Å². The van der Waals surface area contributed by atoms with Gasteiger partial charge in [0.25, 0.3) is 5.91 Å². The van der Waals surface area contributed by atoms with Crippen molar-refractivity contribution in [1.29, 1.82) is 0 Å². The fourth-order valence-electron chi connectivity index (χ4n) is 2.50. The molecule has 1 aliphatic heterocycles. The van der Waals surface area contributed by atoms with Crippen molar-refractivity contribution < 1.29 is 22.8 Å². The predicted molar refractivity (Wildman–Crippen MR) is 93.9 cm³/mol. The summed E-state index contributed by atoms with van der Waals surface area (Å²) in [5.74, 6) is -1.64. The number of hydrogen-bond donors (Lipinski definition) is 2. The van der Waals surface area contributed by atoms with Gasteiger partial charge in [0.05, 0.1) is 0 Å². The molecule has 2 aliphatic rings. The summed E-state index contributed by atoms with van der Waals surface area (Å²) >= 11 is 3.13. The maximum atomic E-state index is 12.4. The highest BCUT2D eigenvalue weighted by Crippen LogP contribution is 2.46. The Balaban J connectivity index is 1.50. The molecule has 0 saturated heterocycles. The number of nitrogens with zero attached hydrogens (tertiary/aromatic N) is 1. The minimum atomic E-state index is -4.78. The number of halogens is 3. The molecule has 10 heteroatoms. The van der Waals surface area contributed by atoms with Crippen LogP contribution in [0.2, 0.25) is 0 Å². The van der Waals surface area contributed by atoms with Gasteiger partial charge in [0, 0.05) is 24.0 Å². The van der Waals surface area contributed by atoms with E-state index in [-0.39, 0.29) is 24.2 Å². The Morgan fingerprint density at radius 1 is 1.31 bits per heavy atom. The van der Waals surface area contributed by atoms with Crippen molar-refractivity contribution in [3.05, 3.63) is 27.2 Å². The largest absolute Gasteiger partial charge is 0.449 e. The summed E-state index contributed by atoms with van der Waals surface area (Å²) in [5.41, 5.74) is 0.424. The van der Waals surface area contributed by atoms with Crippen molar-refractivity contribution in [2.75, 3.05) is 6.54 Å². The molecule has 142 valence electrons. The molecule has 1 unspecified atom stereocenters.